The maximum absolute atomic E-state index is 9.58. The Balaban J connectivity index is 3.34. The molecule has 0 spiro atoms. The van der Waals surface area contributed by atoms with Crippen LogP contribution in [-0.2, 0) is 9.53 Å². The second-order valence-corrected chi connectivity index (χ2v) is 1.37. The lowest BCUT2D eigenvalue weighted by Crippen LogP contribution is -2.25. The van der Waals surface area contributed by atoms with Gasteiger partial charge < -0.3 is 10.1 Å². The van der Waals surface area contributed by atoms with Crippen molar-refractivity contribution < 1.29 is 9.53 Å². The van der Waals surface area contributed by atoms with Crippen molar-refractivity contribution in [3.05, 3.63) is 0 Å². The lowest BCUT2D eigenvalue weighted by Gasteiger charge is -2.04. The summed E-state index contributed by atoms with van der Waals surface area (Å²) in [5, 5.41) is 2.28. The number of methoxy groups -OCH3 is 1. The maximum atomic E-state index is 9.58. The van der Waals surface area contributed by atoms with E-state index < -0.39 is 0 Å². The fourth-order valence-electron chi connectivity index (χ4n) is 0.345. The van der Waals surface area contributed by atoms with Gasteiger partial charge in [0.05, 0.1) is 6.54 Å². The minimum atomic E-state index is -0.341. The SMILES string of the molecule is C#CC(CN[C]=O)OC. The van der Waals surface area contributed by atoms with Gasteiger partial charge in [-0.2, -0.15) is 0 Å². The Bertz CT molecular complexity index is 117. The molecule has 3 heteroatoms. The molecule has 49 valence electrons. The van der Waals surface area contributed by atoms with Gasteiger partial charge in [-0.3, -0.25) is 4.79 Å². The molecule has 0 bridgehead atoms. The van der Waals surface area contributed by atoms with Crippen LogP contribution in [0.1, 0.15) is 0 Å². The third kappa shape index (κ3) is 3.56. The first-order valence-electron chi connectivity index (χ1n) is 2.44. The minimum Gasteiger partial charge on any atom is -0.367 e. The quantitative estimate of drug-likeness (QED) is 0.399. The van der Waals surface area contributed by atoms with E-state index in [0.717, 1.165) is 0 Å². The highest BCUT2D eigenvalue weighted by Gasteiger charge is 1.98. The highest BCUT2D eigenvalue weighted by atomic mass is 16.5. The molecule has 3 nitrogen and oxygen atoms in total. The fraction of sp³-hybridized carbons (Fsp3) is 0.500. The van der Waals surface area contributed by atoms with E-state index >= 15 is 0 Å². The molecule has 0 fully saturated rings. The number of ether oxygens (including phenoxy) is 1. The summed E-state index contributed by atoms with van der Waals surface area (Å²) >= 11 is 0. The van der Waals surface area contributed by atoms with Crippen molar-refractivity contribution in [3.8, 4) is 12.3 Å². The zero-order valence-electron chi connectivity index (χ0n) is 5.18. The maximum Gasteiger partial charge on any atom is 0.309 e. The molecule has 0 heterocycles. The number of hydrogen-bond acceptors (Lipinski definition) is 2. The Morgan fingerprint density at radius 2 is 2.56 bits per heavy atom. The van der Waals surface area contributed by atoms with E-state index in [9.17, 15) is 4.79 Å². The number of carbonyl (C=O) groups excluding carboxylic acids is 1. The van der Waals surface area contributed by atoms with Crippen molar-refractivity contribution in [1.82, 2.24) is 5.32 Å². The van der Waals surface area contributed by atoms with Crippen LogP contribution in [0.5, 0.6) is 0 Å². The lowest BCUT2D eigenvalue weighted by atomic mass is 10.4. The summed E-state index contributed by atoms with van der Waals surface area (Å²) < 4.78 is 4.72. The van der Waals surface area contributed by atoms with Crippen LogP contribution in [0, 0.1) is 12.3 Å². The summed E-state index contributed by atoms with van der Waals surface area (Å²) in [7, 11) is 1.48. The Hall–Kier alpha value is -1.01. The standard InChI is InChI=1S/C6H8NO2/c1-3-6(9-2)4-7-5-8/h1,6H,4H2,2H3,(H,7,8). The lowest BCUT2D eigenvalue weighted by molar-refractivity contribution is 0.151. The van der Waals surface area contributed by atoms with Gasteiger partial charge in [0, 0.05) is 7.11 Å². The molecular weight excluding hydrogens is 118 g/mol. The van der Waals surface area contributed by atoms with Gasteiger partial charge in [0.15, 0.2) is 0 Å². The summed E-state index contributed by atoms with van der Waals surface area (Å²) in [6, 6.07) is 0. The van der Waals surface area contributed by atoms with Gasteiger partial charge in [0.2, 0.25) is 0 Å². The van der Waals surface area contributed by atoms with Crippen LogP contribution in [0.25, 0.3) is 0 Å². The number of terminal acetylenes is 1. The van der Waals surface area contributed by atoms with E-state index in [0.29, 0.717) is 6.54 Å². The predicted molar refractivity (Wildman–Crippen MR) is 33.3 cm³/mol. The van der Waals surface area contributed by atoms with Crippen molar-refractivity contribution in [2.24, 2.45) is 0 Å². The largest absolute Gasteiger partial charge is 0.367 e. The molecule has 1 radical (unpaired) electrons. The fourth-order valence-corrected chi connectivity index (χ4v) is 0.345. The van der Waals surface area contributed by atoms with E-state index in [1.54, 1.807) is 0 Å². The first-order chi connectivity index (χ1) is 4.35. The van der Waals surface area contributed by atoms with Crippen LogP contribution >= 0.6 is 0 Å². The third-order valence-corrected chi connectivity index (χ3v) is 0.830. The van der Waals surface area contributed by atoms with Crippen LogP contribution in [0.3, 0.4) is 0 Å². The van der Waals surface area contributed by atoms with E-state index in [2.05, 4.69) is 11.2 Å². The molecule has 0 aromatic rings. The first kappa shape index (κ1) is 7.99. The average Bonchev–Trinajstić information content (AvgIpc) is 1.91. The highest BCUT2D eigenvalue weighted by Crippen LogP contribution is 1.81. The van der Waals surface area contributed by atoms with Crippen molar-refractivity contribution in [2.45, 2.75) is 6.10 Å². The molecule has 1 atom stereocenters. The summed E-state index contributed by atoms with van der Waals surface area (Å²) in [5.41, 5.74) is 0. The molecule has 0 aromatic heterocycles. The topological polar surface area (TPSA) is 38.3 Å². The Morgan fingerprint density at radius 3 is 2.89 bits per heavy atom. The van der Waals surface area contributed by atoms with Crippen molar-refractivity contribution in [2.75, 3.05) is 13.7 Å². The van der Waals surface area contributed by atoms with Crippen molar-refractivity contribution in [1.29, 1.82) is 0 Å². The van der Waals surface area contributed by atoms with Crippen molar-refractivity contribution in [3.63, 3.8) is 0 Å². The summed E-state index contributed by atoms with van der Waals surface area (Å²) in [6.45, 7) is 0.316. The normalized spacial score (nSPS) is 11.6. The Kier molecular flexibility index (Phi) is 4.56. The average molecular weight is 126 g/mol. The Morgan fingerprint density at radius 1 is 1.89 bits per heavy atom. The molecule has 0 rings (SSSR count). The number of rotatable bonds is 4. The molecule has 1 unspecified atom stereocenters. The number of hydrogen-bond donors (Lipinski definition) is 1. The molecule has 0 saturated carbocycles. The summed E-state index contributed by atoms with van der Waals surface area (Å²) in [6.07, 6.45) is 6.13. The van der Waals surface area contributed by atoms with Crippen LogP contribution in [0.4, 0.5) is 0 Å². The zero-order chi connectivity index (χ0) is 7.11. The monoisotopic (exact) mass is 126 g/mol. The molecular formula is C6H8NO2. The predicted octanol–water partition coefficient (Wildman–Crippen LogP) is -0.709. The molecule has 0 saturated heterocycles. The van der Waals surface area contributed by atoms with E-state index in [4.69, 9.17) is 11.2 Å². The Labute approximate surface area is 54.4 Å². The van der Waals surface area contributed by atoms with Crippen LogP contribution in [-0.4, -0.2) is 26.2 Å². The van der Waals surface area contributed by atoms with Gasteiger partial charge in [-0.25, -0.2) is 0 Å². The first-order valence-corrected chi connectivity index (χ1v) is 2.44. The second-order valence-electron chi connectivity index (χ2n) is 1.37. The summed E-state index contributed by atoms with van der Waals surface area (Å²) in [4.78, 5) is 9.58. The van der Waals surface area contributed by atoms with Gasteiger partial charge >= 0.3 is 6.41 Å². The van der Waals surface area contributed by atoms with Gasteiger partial charge in [-0.1, -0.05) is 5.92 Å². The van der Waals surface area contributed by atoms with Crippen LogP contribution in [0.2, 0.25) is 0 Å². The van der Waals surface area contributed by atoms with E-state index in [-0.39, 0.29) is 6.10 Å². The zero-order valence-corrected chi connectivity index (χ0v) is 5.18. The van der Waals surface area contributed by atoms with Crippen LogP contribution < -0.4 is 5.32 Å². The molecule has 9 heavy (non-hydrogen) atoms. The van der Waals surface area contributed by atoms with E-state index in [1.165, 1.54) is 13.5 Å². The van der Waals surface area contributed by atoms with Crippen LogP contribution in [0.15, 0.2) is 0 Å². The number of nitrogens with one attached hydrogen (secondary N) is 1. The van der Waals surface area contributed by atoms with Gasteiger partial charge in [0.1, 0.15) is 6.10 Å². The minimum absolute atomic E-state index is 0.316. The van der Waals surface area contributed by atoms with Crippen molar-refractivity contribution >= 4 is 6.41 Å². The molecule has 0 aliphatic carbocycles. The molecule has 0 aliphatic rings. The molecule has 0 aromatic carbocycles. The molecule has 0 aliphatic heterocycles. The summed E-state index contributed by atoms with van der Waals surface area (Å²) in [5.74, 6) is 2.32. The third-order valence-electron chi connectivity index (χ3n) is 0.830. The smallest absolute Gasteiger partial charge is 0.309 e. The second kappa shape index (κ2) is 5.13. The molecule has 1 amide bonds. The van der Waals surface area contributed by atoms with Gasteiger partial charge in [-0.15, -0.1) is 6.42 Å². The molecule has 1 N–H and O–H groups in total. The highest BCUT2D eigenvalue weighted by molar-refractivity contribution is 5.47. The number of amides is 1. The van der Waals surface area contributed by atoms with E-state index in [1.807, 2.05) is 0 Å². The van der Waals surface area contributed by atoms with Gasteiger partial charge in [-0.05, 0) is 0 Å². The van der Waals surface area contributed by atoms with Gasteiger partial charge in [0.25, 0.3) is 0 Å².